The van der Waals surface area contributed by atoms with E-state index in [0.29, 0.717) is 9.13 Å². The smallest absolute Gasteiger partial charge is 0.464 e. The molecule has 0 spiro atoms. The van der Waals surface area contributed by atoms with Gasteiger partial charge >= 0.3 is 12.3 Å². The van der Waals surface area contributed by atoms with Crippen LogP contribution in [0.5, 0.6) is 5.88 Å². The Morgan fingerprint density at radius 2 is 2.06 bits per heavy atom. The fourth-order valence-electron chi connectivity index (χ4n) is 1.03. The lowest BCUT2D eigenvalue weighted by Crippen LogP contribution is -2.19. The molecule has 1 rings (SSSR count). The quantitative estimate of drug-likeness (QED) is 0.601. The van der Waals surface area contributed by atoms with Crippen LogP contribution >= 0.6 is 22.6 Å². The number of hydrogen-bond acceptors (Lipinski definition) is 4. The number of aromatic nitrogens is 1. The van der Waals surface area contributed by atoms with Gasteiger partial charge in [0.2, 0.25) is 5.88 Å². The van der Waals surface area contributed by atoms with Crippen molar-refractivity contribution in [2.45, 2.75) is 13.3 Å². The number of halogens is 4. The van der Waals surface area contributed by atoms with Crippen molar-refractivity contribution in [3.05, 3.63) is 20.9 Å². The summed E-state index contributed by atoms with van der Waals surface area (Å²) in [5.41, 5.74) is 0.243. The van der Waals surface area contributed by atoms with Gasteiger partial charge in [-0.2, -0.15) is 0 Å². The fourth-order valence-corrected chi connectivity index (χ4v) is 1.53. The Morgan fingerprint density at radius 1 is 1.47 bits per heavy atom. The van der Waals surface area contributed by atoms with Crippen molar-refractivity contribution >= 4 is 28.6 Å². The summed E-state index contributed by atoms with van der Waals surface area (Å²) in [6.45, 7) is 1.54. The standard InChI is InChI=1S/C9H7F3INO3/c1-4-3-5(17-9(10,11)12)14-7(6(4)13)8(15)16-2/h3H,1-2H3. The summed E-state index contributed by atoms with van der Waals surface area (Å²) in [6, 6.07) is 1.10. The average Bonchev–Trinajstić information content (AvgIpc) is 2.19. The number of rotatable bonds is 2. The molecule has 0 saturated carbocycles. The number of esters is 1. The van der Waals surface area contributed by atoms with E-state index in [1.54, 1.807) is 29.5 Å². The molecule has 94 valence electrons. The minimum atomic E-state index is -4.85. The topological polar surface area (TPSA) is 48.4 Å². The number of methoxy groups -OCH3 is 1. The predicted molar refractivity (Wildman–Crippen MR) is 59.7 cm³/mol. The molecule has 17 heavy (non-hydrogen) atoms. The van der Waals surface area contributed by atoms with Gasteiger partial charge in [0.25, 0.3) is 0 Å². The van der Waals surface area contributed by atoms with E-state index < -0.39 is 18.2 Å². The second-order valence-corrected chi connectivity index (χ2v) is 4.06. The molecule has 8 heteroatoms. The molecule has 0 aliphatic carbocycles. The Kier molecular flexibility index (Phi) is 4.17. The summed E-state index contributed by atoms with van der Waals surface area (Å²) in [5.74, 6) is -1.50. The van der Waals surface area contributed by atoms with Crippen LogP contribution in [0, 0.1) is 10.5 Å². The number of aryl methyl sites for hydroxylation is 1. The lowest BCUT2D eigenvalue weighted by atomic mass is 10.2. The predicted octanol–water partition coefficient (Wildman–Crippen LogP) is 2.68. The van der Waals surface area contributed by atoms with E-state index in [9.17, 15) is 18.0 Å². The zero-order valence-corrected chi connectivity index (χ0v) is 10.9. The van der Waals surface area contributed by atoms with Gasteiger partial charge in [-0.3, -0.25) is 0 Å². The number of hydrogen-bond donors (Lipinski definition) is 0. The summed E-state index contributed by atoms with van der Waals surface area (Å²) >= 11 is 1.80. The molecular formula is C9H7F3INO3. The largest absolute Gasteiger partial charge is 0.574 e. The first-order valence-corrected chi connectivity index (χ1v) is 5.33. The van der Waals surface area contributed by atoms with Crippen molar-refractivity contribution in [1.82, 2.24) is 4.98 Å². The molecule has 0 fully saturated rings. The molecule has 0 radical (unpaired) electrons. The van der Waals surface area contributed by atoms with Crippen LogP contribution in [0.2, 0.25) is 0 Å². The molecule has 4 nitrogen and oxygen atoms in total. The summed E-state index contributed by atoms with van der Waals surface area (Å²) in [6.07, 6.45) is -4.85. The second-order valence-electron chi connectivity index (χ2n) is 2.98. The van der Waals surface area contributed by atoms with Gasteiger partial charge in [0.1, 0.15) is 0 Å². The lowest BCUT2D eigenvalue weighted by Gasteiger charge is -2.11. The SMILES string of the molecule is COC(=O)c1nc(OC(F)(F)F)cc(C)c1I. The van der Waals surface area contributed by atoms with E-state index in [1.165, 1.54) is 0 Å². The highest BCUT2D eigenvalue weighted by Crippen LogP contribution is 2.25. The third-order valence-electron chi connectivity index (χ3n) is 1.72. The Hall–Kier alpha value is -1.06. The van der Waals surface area contributed by atoms with Crippen LogP contribution in [-0.2, 0) is 4.74 Å². The van der Waals surface area contributed by atoms with E-state index in [0.717, 1.165) is 13.2 Å². The number of carbonyl (C=O) groups excluding carboxylic acids is 1. The Morgan fingerprint density at radius 3 is 2.53 bits per heavy atom. The zero-order chi connectivity index (χ0) is 13.2. The van der Waals surface area contributed by atoms with Crippen LogP contribution in [0.4, 0.5) is 13.2 Å². The Labute approximate surface area is 108 Å². The molecule has 0 atom stereocenters. The van der Waals surface area contributed by atoms with Crippen molar-refractivity contribution < 1.29 is 27.4 Å². The first-order chi connectivity index (χ1) is 7.74. The Bertz CT molecular complexity index is 448. The third kappa shape index (κ3) is 3.72. The normalized spacial score (nSPS) is 11.2. The van der Waals surface area contributed by atoms with Crippen LogP contribution in [-0.4, -0.2) is 24.4 Å². The molecule has 0 saturated heterocycles. The molecule has 1 aromatic rings. The first kappa shape index (κ1) is 14.0. The monoisotopic (exact) mass is 361 g/mol. The zero-order valence-electron chi connectivity index (χ0n) is 8.76. The second kappa shape index (κ2) is 5.07. The fraction of sp³-hybridized carbons (Fsp3) is 0.333. The summed E-state index contributed by atoms with van der Waals surface area (Å²) in [4.78, 5) is 14.7. The van der Waals surface area contributed by atoms with Crippen molar-refractivity contribution in [2.24, 2.45) is 0 Å². The van der Waals surface area contributed by atoms with Crippen molar-refractivity contribution in [2.75, 3.05) is 7.11 Å². The van der Waals surface area contributed by atoms with Gasteiger partial charge in [0.05, 0.1) is 7.11 Å². The van der Waals surface area contributed by atoms with Gasteiger partial charge in [0.15, 0.2) is 5.69 Å². The number of ether oxygens (including phenoxy) is 2. The minimum Gasteiger partial charge on any atom is -0.464 e. The number of nitrogens with zero attached hydrogens (tertiary/aromatic N) is 1. The number of alkyl halides is 3. The van der Waals surface area contributed by atoms with Crippen molar-refractivity contribution in [3.8, 4) is 5.88 Å². The highest BCUT2D eigenvalue weighted by molar-refractivity contribution is 14.1. The van der Waals surface area contributed by atoms with Gasteiger partial charge in [0, 0.05) is 9.64 Å². The highest BCUT2D eigenvalue weighted by Gasteiger charge is 2.32. The van der Waals surface area contributed by atoms with Gasteiger partial charge in [-0.1, -0.05) is 0 Å². The molecule has 1 heterocycles. The van der Waals surface area contributed by atoms with E-state index in [4.69, 9.17) is 0 Å². The number of carbonyl (C=O) groups is 1. The summed E-state index contributed by atoms with van der Waals surface area (Å²) in [5, 5.41) is 0. The van der Waals surface area contributed by atoms with Crippen LogP contribution in [0.15, 0.2) is 6.07 Å². The first-order valence-electron chi connectivity index (χ1n) is 4.26. The van der Waals surface area contributed by atoms with Crippen LogP contribution in [0.3, 0.4) is 0 Å². The molecule has 0 aliphatic heterocycles. The molecule has 0 unspecified atom stereocenters. The third-order valence-corrected chi connectivity index (χ3v) is 3.08. The number of pyridine rings is 1. The molecular weight excluding hydrogens is 354 g/mol. The summed E-state index contributed by atoms with van der Waals surface area (Å²) < 4.78 is 44.5. The van der Waals surface area contributed by atoms with E-state index >= 15 is 0 Å². The van der Waals surface area contributed by atoms with E-state index in [1.807, 2.05) is 0 Å². The van der Waals surface area contributed by atoms with Gasteiger partial charge < -0.3 is 9.47 Å². The summed E-state index contributed by atoms with van der Waals surface area (Å²) in [7, 11) is 1.12. The van der Waals surface area contributed by atoms with Gasteiger partial charge in [-0.05, 0) is 35.1 Å². The van der Waals surface area contributed by atoms with E-state index in [-0.39, 0.29) is 5.69 Å². The molecule has 0 N–H and O–H groups in total. The van der Waals surface area contributed by atoms with Crippen LogP contribution < -0.4 is 4.74 Å². The van der Waals surface area contributed by atoms with Crippen LogP contribution in [0.1, 0.15) is 16.1 Å². The maximum Gasteiger partial charge on any atom is 0.574 e. The molecule has 0 bridgehead atoms. The lowest BCUT2D eigenvalue weighted by molar-refractivity contribution is -0.276. The average molecular weight is 361 g/mol. The molecule has 0 amide bonds. The molecule has 0 aromatic carbocycles. The van der Waals surface area contributed by atoms with Crippen molar-refractivity contribution in [1.29, 1.82) is 0 Å². The Balaban J connectivity index is 3.19. The van der Waals surface area contributed by atoms with Gasteiger partial charge in [-0.15, -0.1) is 13.2 Å². The highest BCUT2D eigenvalue weighted by atomic mass is 127. The van der Waals surface area contributed by atoms with E-state index in [2.05, 4.69) is 14.5 Å². The maximum atomic E-state index is 12.0. The maximum absolute atomic E-state index is 12.0. The van der Waals surface area contributed by atoms with Gasteiger partial charge in [-0.25, -0.2) is 9.78 Å². The molecule has 1 aromatic heterocycles. The molecule has 0 aliphatic rings. The van der Waals surface area contributed by atoms with Crippen molar-refractivity contribution in [3.63, 3.8) is 0 Å². The minimum absolute atomic E-state index is 0.202. The van der Waals surface area contributed by atoms with Crippen LogP contribution in [0.25, 0.3) is 0 Å².